The van der Waals surface area contributed by atoms with Gasteiger partial charge in [0.05, 0.1) is 12.5 Å². The third kappa shape index (κ3) is 5.07. The number of hydrogen-bond donors (Lipinski definition) is 1. The van der Waals surface area contributed by atoms with Crippen LogP contribution < -0.4 is 0 Å². The maximum atomic E-state index is 11.7. The van der Waals surface area contributed by atoms with Crippen LogP contribution in [0.5, 0.6) is 0 Å². The van der Waals surface area contributed by atoms with Gasteiger partial charge >= 0.3 is 5.97 Å². The number of esters is 1. The summed E-state index contributed by atoms with van der Waals surface area (Å²) >= 11 is 0. The van der Waals surface area contributed by atoms with E-state index >= 15 is 0 Å². The number of aliphatic hydroxyl groups excluding tert-OH is 1. The van der Waals surface area contributed by atoms with Crippen LogP contribution in [0, 0.1) is 11.8 Å². The molecule has 1 aliphatic rings. The molecule has 100 valence electrons. The van der Waals surface area contributed by atoms with E-state index in [0.717, 1.165) is 12.8 Å². The Balaban J connectivity index is 2.37. The van der Waals surface area contributed by atoms with Crippen LogP contribution in [0.2, 0.25) is 0 Å². The van der Waals surface area contributed by atoms with Crippen LogP contribution in [0.4, 0.5) is 0 Å². The summed E-state index contributed by atoms with van der Waals surface area (Å²) in [6, 6.07) is 0. The Labute approximate surface area is 105 Å². The molecule has 2 atom stereocenters. The molecule has 0 aromatic heterocycles. The molecule has 1 aliphatic carbocycles. The third-order valence-electron chi connectivity index (χ3n) is 3.37. The average molecular weight is 242 g/mol. The molecule has 3 nitrogen and oxygen atoms in total. The van der Waals surface area contributed by atoms with Gasteiger partial charge in [0.15, 0.2) is 0 Å². The Morgan fingerprint density at radius 3 is 2.35 bits per heavy atom. The van der Waals surface area contributed by atoms with Crippen molar-refractivity contribution in [3.8, 4) is 0 Å². The van der Waals surface area contributed by atoms with Crippen molar-refractivity contribution >= 4 is 5.97 Å². The summed E-state index contributed by atoms with van der Waals surface area (Å²) in [7, 11) is 0. The van der Waals surface area contributed by atoms with E-state index in [1.165, 1.54) is 12.8 Å². The van der Waals surface area contributed by atoms with Gasteiger partial charge in [0.1, 0.15) is 5.60 Å². The van der Waals surface area contributed by atoms with E-state index in [1.54, 1.807) is 0 Å². The first-order valence-electron chi connectivity index (χ1n) is 6.69. The highest BCUT2D eigenvalue weighted by Crippen LogP contribution is 2.31. The molecule has 0 unspecified atom stereocenters. The minimum Gasteiger partial charge on any atom is -0.460 e. The normalized spacial score (nSPS) is 21.2. The van der Waals surface area contributed by atoms with E-state index in [-0.39, 0.29) is 18.0 Å². The monoisotopic (exact) mass is 242 g/mol. The molecule has 0 radical (unpaired) electrons. The summed E-state index contributed by atoms with van der Waals surface area (Å²) in [5, 5.41) is 10.2. The lowest BCUT2D eigenvalue weighted by molar-refractivity contribution is -0.157. The van der Waals surface area contributed by atoms with E-state index in [9.17, 15) is 9.90 Å². The number of ether oxygens (including phenoxy) is 1. The molecule has 0 aromatic carbocycles. The first-order valence-corrected chi connectivity index (χ1v) is 6.69. The molecule has 3 heteroatoms. The predicted octanol–water partition coefficient (Wildman–Crippen LogP) is 2.91. The van der Waals surface area contributed by atoms with Gasteiger partial charge in [-0.1, -0.05) is 19.8 Å². The number of rotatable bonds is 4. The van der Waals surface area contributed by atoms with Gasteiger partial charge in [-0.3, -0.25) is 4.79 Å². The molecule has 1 rings (SSSR count). The number of carbonyl (C=O) groups excluding carboxylic acids is 1. The van der Waals surface area contributed by atoms with E-state index in [1.807, 2.05) is 27.7 Å². The molecule has 0 aromatic rings. The Morgan fingerprint density at radius 2 is 1.88 bits per heavy atom. The van der Waals surface area contributed by atoms with Gasteiger partial charge in [-0.15, -0.1) is 0 Å². The minimum absolute atomic E-state index is 0.00653. The highest BCUT2D eigenvalue weighted by atomic mass is 16.6. The van der Waals surface area contributed by atoms with Gasteiger partial charge in [-0.25, -0.2) is 0 Å². The Kier molecular flexibility index (Phi) is 4.99. The van der Waals surface area contributed by atoms with E-state index in [2.05, 4.69) is 0 Å². The Bertz CT molecular complexity index is 249. The molecular weight excluding hydrogens is 216 g/mol. The van der Waals surface area contributed by atoms with Crippen molar-refractivity contribution in [3.05, 3.63) is 0 Å². The molecule has 1 saturated carbocycles. The van der Waals surface area contributed by atoms with Gasteiger partial charge in [-0.2, -0.15) is 0 Å². The van der Waals surface area contributed by atoms with Crippen LogP contribution in [-0.2, 0) is 9.53 Å². The summed E-state index contributed by atoms with van der Waals surface area (Å²) in [5.41, 5.74) is -0.435. The zero-order valence-corrected chi connectivity index (χ0v) is 11.5. The number of aliphatic hydroxyl groups is 1. The van der Waals surface area contributed by atoms with Crippen molar-refractivity contribution in [1.29, 1.82) is 0 Å². The van der Waals surface area contributed by atoms with Gasteiger partial charge in [0, 0.05) is 0 Å². The first-order chi connectivity index (χ1) is 7.79. The molecule has 0 bridgehead atoms. The summed E-state index contributed by atoms with van der Waals surface area (Å²) in [6.45, 7) is 7.53. The molecule has 0 heterocycles. The lowest BCUT2D eigenvalue weighted by Gasteiger charge is -2.25. The fourth-order valence-electron chi connectivity index (χ4n) is 2.53. The summed E-state index contributed by atoms with van der Waals surface area (Å²) in [5.74, 6) is 0.169. The molecule has 0 spiro atoms. The maximum Gasteiger partial charge on any atom is 0.306 e. The van der Waals surface area contributed by atoms with Crippen molar-refractivity contribution in [1.82, 2.24) is 0 Å². The van der Waals surface area contributed by atoms with Crippen LogP contribution in [0.3, 0.4) is 0 Å². The van der Waals surface area contributed by atoms with E-state index < -0.39 is 5.60 Å². The standard InChI is InChI=1S/C14H26O3/c1-10(9-12(15)17-14(2,3)4)13(16)11-7-5-6-8-11/h10-11,13,16H,5-9H2,1-4H3/t10-,13+/m0/s1. The Hall–Kier alpha value is -0.570. The minimum atomic E-state index is -0.435. The highest BCUT2D eigenvalue weighted by Gasteiger charge is 2.29. The third-order valence-corrected chi connectivity index (χ3v) is 3.37. The van der Waals surface area contributed by atoms with E-state index in [4.69, 9.17) is 4.74 Å². The second-order valence-corrected chi connectivity index (χ2v) is 6.30. The SMILES string of the molecule is C[C@@H](CC(=O)OC(C)(C)C)[C@@H](O)C1CCCC1. The molecular formula is C14H26O3. The van der Waals surface area contributed by atoms with Crippen molar-refractivity contribution < 1.29 is 14.6 Å². The fourth-order valence-corrected chi connectivity index (χ4v) is 2.53. The lowest BCUT2D eigenvalue weighted by Crippen LogP contribution is -2.30. The van der Waals surface area contributed by atoms with Gasteiger partial charge in [-0.05, 0) is 45.4 Å². The number of carbonyl (C=O) groups is 1. The van der Waals surface area contributed by atoms with Crippen LogP contribution in [-0.4, -0.2) is 22.8 Å². The molecule has 17 heavy (non-hydrogen) atoms. The summed E-state index contributed by atoms with van der Waals surface area (Å²) in [4.78, 5) is 11.7. The van der Waals surface area contributed by atoms with Crippen molar-refractivity contribution in [2.75, 3.05) is 0 Å². The first kappa shape index (κ1) is 14.5. The largest absolute Gasteiger partial charge is 0.460 e. The topological polar surface area (TPSA) is 46.5 Å². The smallest absolute Gasteiger partial charge is 0.306 e. The van der Waals surface area contributed by atoms with Gasteiger partial charge < -0.3 is 9.84 Å². The summed E-state index contributed by atoms with van der Waals surface area (Å²) in [6.07, 6.45) is 4.57. The van der Waals surface area contributed by atoms with Crippen LogP contribution >= 0.6 is 0 Å². The van der Waals surface area contributed by atoms with Crippen LogP contribution in [0.15, 0.2) is 0 Å². The fraction of sp³-hybridized carbons (Fsp3) is 0.929. The quantitative estimate of drug-likeness (QED) is 0.771. The van der Waals surface area contributed by atoms with Gasteiger partial charge in [0.2, 0.25) is 0 Å². The number of hydrogen-bond acceptors (Lipinski definition) is 3. The molecule has 0 saturated heterocycles. The molecule has 0 amide bonds. The van der Waals surface area contributed by atoms with E-state index in [0.29, 0.717) is 12.3 Å². The molecule has 0 aliphatic heterocycles. The second-order valence-electron chi connectivity index (χ2n) is 6.30. The predicted molar refractivity (Wildman–Crippen MR) is 67.6 cm³/mol. The Morgan fingerprint density at radius 1 is 1.35 bits per heavy atom. The maximum absolute atomic E-state index is 11.7. The zero-order chi connectivity index (χ0) is 13.1. The zero-order valence-electron chi connectivity index (χ0n) is 11.5. The molecule has 1 N–H and O–H groups in total. The second kappa shape index (κ2) is 5.85. The lowest BCUT2D eigenvalue weighted by atomic mass is 9.89. The van der Waals surface area contributed by atoms with Crippen molar-refractivity contribution in [3.63, 3.8) is 0 Å². The van der Waals surface area contributed by atoms with Crippen LogP contribution in [0.25, 0.3) is 0 Å². The van der Waals surface area contributed by atoms with Crippen LogP contribution in [0.1, 0.15) is 59.8 Å². The van der Waals surface area contributed by atoms with Crippen molar-refractivity contribution in [2.45, 2.75) is 71.5 Å². The average Bonchev–Trinajstić information content (AvgIpc) is 2.65. The highest BCUT2D eigenvalue weighted by molar-refractivity contribution is 5.70. The summed E-state index contributed by atoms with van der Waals surface area (Å²) < 4.78 is 5.27. The molecule has 1 fully saturated rings. The van der Waals surface area contributed by atoms with Crippen molar-refractivity contribution in [2.24, 2.45) is 11.8 Å². The van der Waals surface area contributed by atoms with Gasteiger partial charge in [0.25, 0.3) is 0 Å².